The van der Waals surface area contributed by atoms with Crippen LogP contribution in [0.3, 0.4) is 0 Å². The highest BCUT2D eigenvalue weighted by Crippen LogP contribution is 2.40. The third kappa shape index (κ3) is 3.21. The van der Waals surface area contributed by atoms with E-state index >= 15 is 0 Å². The van der Waals surface area contributed by atoms with Gasteiger partial charge in [0.25, 0.3) is 5.91 Å². The summed E-state index contributed by atoms with van der Waals surface area (Å²) in [6, 6.07) is 4.67. The van der Waals surface area contributed by atoms with Gasteiger partial charge in [-0.3, -0.25) is 4.79 Å². The molecule has 2 atom stereocenters. The number of hydrogen-bond donors (Lipinski definition) is 2. The van der Waals surface area contributed by atoms with Gasteiger partial charge in [-0.05, 0) is 36.2 Å². The van der Waals surface area contributed by atoms with Crippen LogP contribution in [-0.2, 0) is 28.9 Å². The van der Waals surface area contributed by atoms with Gasteiger partial charge in [0.2, 0.25) is 0 Å². The Hall–Kier alpha value is -3.11. The van der Waals surface area contributed by atoms with Crippen LogP contribution in [0.4, 0.5) is 19.0 Å². The number of pyridine rings is 1. The SMILES string of the molecule is C[C@@H]1OC[C@H](N(C)C(=O)c2cc3nc(N)c4c(c3[nH]2)COC4)c2ccc(C(F)(F)F)cc21. The number of alkyl halides is 3. The van der Waals surface area contributed by atoms with Crippen molar-refractivity contribution in [2.75, 3.05) is 19.4 Å². The lowest BCUT2D eigenvalue weighted by Crippen LogP contribution is -2.37. The van der Waals surface area contributed by atoms with Gasteiger partial charge >= 0.3 is 6.18 Å². The average Bonchev–Trinajstić information content (AvgIpc) is 3.39. The molecule has 7 nitrogen and oxygen atoms in total. The smallest absolute Gasteiger partial charge is 0.383 e. The summed E-state index contributed by atoms with van der Waals surface area (Å²) >= 11 is 0. The molecule has 3 aromatic rings. The summed E-state index contributed by atoms with van der Waals surface area (Å²) < 4.78 is 50.7. The Morgan fingerprint density at radius 2 is 1.97 bits per heavy atom. The minimum Gasteiger partial charge on any atom is -0.383 e. The molecule has 0 bridgehead atoms. The lowest BCUT2D eigenvalue weighted by molar-refractivity contribution is -0.137. The fraction of sp³-hybridized carbons (Fsp3) is 0.364. The number of fused-ring (bicyclic) bond motifs is 4. The molecule has 1 aromatic carbocycles. The normalized spacial score (nSPS) is 20.3. The number of hydrogen-bond acceptors (Lipinski definition) is 5. The first-order valence-corrected chi connectivity index (χ1v) is 10.1. The Morgan fingerprint density at radius 3 is 2.72 bits per heavy atom. The molecule has 1 amide bonds. The van der Waals surface area contributed by atoms with Crippen LogP contribution in [0.15, 0.2) is 24.3 Å². The second-order valence-corrected chi connectivity index (χ2v) is 8.14. The highest BCUT2D eigenvalue weighted by Gasteiger charge is 2.36. The number of halogens is 3. The number of nitrogens with zero attached hydrogens (tertiary/aromatic N) is 2. The summed E-state index contributed by atoms with van der Waals surface area (Å²) in [5, 5.41) is 0. The monoisotopic (exact) mass is 446 g/mol. The summed E-state index contributed by atoms with van der Waals surface area (Å²) in [5.41, 5.74) is 9.61. The fourth-order valence-corrected chi connectivity index (χ4v) is 4.43. The van der Waals surface area contributed by atoms with E-state index in [9.17, 15) is 18.0 Å². The van der Waals surface area contributed by atoms with Crippen molar-refractivity contribution in [1.82, 2.24) is 14.9 Å². The fourth-order valence-electron chi connectivity index (χ4n) is 4.43. The van der Waals surface area contributed by atoms with Crippen molar-refractivity contribution in [3.63, 3.8) is 0 Å². The van der Waals surface area contributed by atoms with E-state index in [-0.39, 0.29) is 12.5 Å². The number of aromatic nitrogens is 2. The third-order valence-electron chi connectivity index (χ3n) is 6.24. The standard InChI is InChI=1S/C22H21F3N4O3/c1-10-13-5-11(22(23,24)25)3-4-12(13)18(9-32-10)29(2)21(30)17-6-16-19(27-17)14-7-31-8-15(14)20(26)28-16/h3-6,10,18,27H,7-9H2,1-2H3,(H2,26,28)/t10-,18-/m0/s1. The minimum atomic E-state index is -4.45. The van der Waals surface area contributed by atoms with Crippen molar-refractivity contribution in [2.24, 2.45) is 0 Å². The lowest BCUT2D eigenvalue weighted by Gasteiger charge is -2.36. The molecular formula is C22H21F3N4O3. The number of nitrogen functional groups attached to an aromatic ring is 1. The van der Waals surface area contributed by atoms with Gasteiger partial charge < -0.3 is 25.1 Å². The minimum absolute atomic E-state index is 0.177. The molecule has 0 spiro atoms. The van der Waals surface area contributed by atoms with E-state index in [1.807, 2.05) is 0 Å². The van der Waals surface area contributed by atoms with Crippen LogP contribution in [-0.4, -0.2) is 34.4 Å². The van der Waals surface area contributed by atoms with Gasteiger partial charge in [0.15, 0.2) is 0 Å². The van der Waals surface area contributed by atoms with E-state index in [0.717, 1.165) is 23.3 Å². The lowest BCUT2D eigenvalue weighted by atomic mass is 9.92. The second kappa shape index (κ2) is 7.21. The number of aromatic amines is 1. The third-order valence-corrected chi connectivity index (χ3v) is 6.24. The Kier molecular flexibility index (Phi) is 4.68. The van der Waals surface area contributed by atoms with Crippen LogP contribution in [0.2, 0.25) is 0 Å². The Labute approximate surface area is 181 Å². The summed E-state index contributed by atoms with van der Waals surface area (Å²) in [7, 11) is 1.61. The van der Waals surface area contributed by atoms with Crippen molar-refractivity contribution in [3.8, 4) is 0 Å². The highest BCUT2D eigenvalue weighted by molar-refractivity contribution is 5.98. The number of ether oxygens (including phenoxy) is 2. The molecule has 0 fully saturated rings. The zero-order valence-electron chi connectivity index (χ0n) is 17.4. The maximum absolute atomic E-state index is 13.3. The van der Waals surface area contributed by atoms with E-state index in [0.29, 0.717) is 46.9 Å². The largest absolute Gasteiger partial charge is 0.416 e. The quantitative estimate of drug-likeness (QED) is 0.618. The van der Waals surface area contributed by atoms with E-state index in [4.69, 9.17) is 15.2 Å². The zero-order valence-corrected chi connectivity index (χ0v) is 17.4. The molecular weight excluding hydrogens is 425 g/mol. The second-order valence-electron chi connectivity index (χ2n) is 8.14. The molecule has 3 N–H and O–H groups in total. The number of H-pyrrole nitrogens is 1. The van der Waals surface area contributed by atoms with Crippen molar-refractivity contribution in [3.05, 3.63) is 57.8 Å². The topological polar surface area (TPSA) is 93.5 Å². The Balaban J connectivity index is 1.49. The van der Waals surface area contributed by atoms with Gasteiger partial charge in [-0.1, -0.05) is 6.07 Å². The predicted octanol–water partition coefficient (Wildman–Crippen LogP) is 4.10. The maximum Gasteiger partial charge on any atom is 0.416 e. The van der Waals surface area contributed by atoms with Crippen LogP contribution in [0.5, 0.6) is 0 Å². The van der Waals surface area contributed by atoms with Crippen LogP contribution >= 0.6 is 0 Å². The van der Waals surface area contributed by atoms with Gasteiger partial charge in [0.1, 0.15) is 11.5 Å². The molecule has 5 rings (SSSR count). The molecule has 0 radical (unpaired) electrons. The number of carbonyl (C=O) groups is 1. The molecule has 2 aliphatic rings. The average molecular weight is 446 g/mol. The van der Waals surface area contributed by atoms with Crippen molar-refractivity contribution < 1.29 is 27.4 Å². The van der Waals surface area contributed by atoms with Crippen LogP contribution in [0.25, 0.3) is 11.0 Å². The van der Waals surface area contributed by atoms with Gasteiger partial charge in [-0.25, -0.2) is 4.98 Å². The summed E-state index contributed by atoms with van der Waals surface area (Å²) in [5.74, 6) is 0.0451. The number of likely N-dealkylation sites (N-methyl/N-ethyl adjacent to an activating group) is 1. The zero-order chi connectivity index (χ0) is 22.8. The molecule has 10 heteroatoms. The van der Waals surface area contributed by atoms with Gasteiger partial charge in [-0.15, -0.1) is 0 Å². The molecule has 2 aliphatic heterocycles. The van der Waals surface area contributed by atoms with Crippen LogP contribution in [0, 0.1) is 0 Å². The first-order chi connectivity index (χ1) is 15.1. The van der Waals surface area contributed by atoms with Gasteiger partial charge in [0.05, 0.1) is 48.6 Å². The number of amides is 1. The molecule has 0 aliphatic carbocycles. The maximum atomic E-state index is 13.3. The van der Waals surface area contributed by atoms with Crippen molar-refractivity contribution in [1.29, 1.82) is 0 Å². The van der Waals surface area contributed by atoms with Crippen LogP contribution in [0.1, 0.15) is 57.4 Å². The number of benzene rings is 1. The van der Waals surface area contributed by atoms with Crippen molar-refractivity contribution in [2.45, 2.75) is 38.5 Å². The van der Waals surface area contributed by atoms with Gasteiger partial charge in [-0.2, -0.15) is 13.2 Å². The number of rotatable bonds is 2. The molecule has 2 aromatic heterocycles. The first-order valence-electron chi connectivity index (χ1n) is 10.1. The molecule has 0 saturated heterocycles. The molecule has 0 unspecified atom stereocenters. The van der Waals surface area contributed by atoms with Crippen molar-refractivity contribution >= 4 is 22.8 Å². The highest BCUT2D eigenvalue weighted by atomic mass is 19.4. The molecule has 168 valence electrons. The number of anilines is 1. The summed E-state index contributed by atoms with van der Waals surface area (Å²) in [6.07, 6.45) is -4.96. The summed E-state index contributed by atoms with van der Waals surface area (Å²) in [6.45, 7) is 2.64. The van der Waals surface area contributed by atoms with E-state index in [1.54, 1.807) is 20.0 Å². The Morgan fingerprint density at radius 1 is 1.22 bits per heavy atom. The first kappa shape index (κ1) is 20.8. The predicted molar refractivity (Wildman–Crippen MR) is 110 cm³/mol. The molecule has 32 heavy (non-hydrogen) atoms. The molecule has 0 saturated carbocycles. The Bertz CT molecular complexity index is 1240. The van der Waals surface area contributed by atoms with Crippen LogP contribution < -0.4 is 5.73 Å². The summed E-state index contributed by atoms with van der Waals surface area (Å²) in [4.78, 5) is 22.3. The number of carbonyl (C=O) groups excluding carboxylic acids is 1. The van der Waals surface area contributed by atoms with Gasteiger partial charge in [0, 0.05) is 18.2 Å². The number of nitrogens with one attached hydrogen (secondary N) is 1. The number of nitrogens with two attached hydrogens (primary N) is 1. The van der Waals surface area contributed by atoms with E-state index in [2.05, 4.69) is 9.97 Å². The van der Waals surface area contributed by atoms with E-state index in [1.165, 1.54) is 11.0 Å². The van der Waals surface area contributed by atoms with E-state index < -0.39 is 23.9 Å². The molecule has 4 heterocycles.